The SMILES string of the molecule is CCCCCC[P+](CCCCCC)(CCCCCC)O[P+](CCCCCC)(CCCCCC)CCCCCC. The van der Waals surface area contributed by atoms with Crippen molar-refractivity contribution in [1.29, 1.82) is 0 Å². The molecular formula is C36H78OP2+2. The van der Waals surface area contributed by atoms with Gasteiger partial charge in [-0.2, -0.15) is 0 Å². The molecule has 0 saturated heterocycles. The monoisotopic (exact) mass is 589 g/mol. The molecule has 0 saturated carbocycles. The lowest BCUT2D eigenvalue weighted by atomic mass is 10.2. The Hall–Kier alpha value is 0.820. The maximum Gasteiger partial charge on any atom is 0.193 e. The molecule has 0 aromatic heterocycles. The Kier molecular flexibility index (Phi) is 29.5. The number of rotatable bonds is 32. The first kappa shape index (κ1) is 39.8. The summed E-state index contributed by atoms with van der Waals surface area (Å²) in [6.07, 6.45) is 42.5. The van der Waals surface area contributed by atoms with Crippen LogP contribution >= 0.6 is 15.0 Å². The Morgan fingerprint density at radius 2 is 0.436 bits per heavy atom. The molecule has 0 heterocycles. The third-order valence-corrected chi connectivity index (χ3v) is 18.4. The van der Waals surface area contributed by atoms with Crippen molar-refractivity contribution in [2.75, 3.05) is 37.0 Å². The minimum absolute atomic E-state index is 1.35. The van der Waals surface area contributed by atoms with E-state index in [1.807, 2.05) is 0 Å². The van der Waals surface area contributed by atoms with Gasteiger partial charge in [-0.25, -0.2) is 0 Å². The minimum Gasteiger partial charge on any atom is -0.104 e. The average molecular weight is 589 g/mol. The predicted molar refractivity (Wildman–Crippen MR) is 189 cm³/mol. The van der Waals surface area contributed by atoms with Crippen molar-refractivity contribution in [1.82, 2.24) is 0 Å². The van der Waals surface area contributed by atoms with E-state index in [0.29, 0.717) is 0 Å². The minimum atomic E-state index is -1.36. The van der Waals surface area contributed by atoms with E-state index in [1.165, 1.54) is 191 Å². The van der Waals surface area contributed by atoms with E-state index in [1.54, 1.807) is 0 Å². The van der Waals surface area contributed by atoms with Crippen LogP contribution in [0.5, 0.6) is 0 Å². The van der Waals surface area contributed by atoms with Crippen molar-refractivity contribution >= 4 is 15.0 Å². The number of unbranched alkanes of at least 4 members (excludes halogenated alkanes) is 18. The van der Waals surface area contributed by atoms with E-state index >= 15 is 0 Å². The maximum atomic E-state index is 8.13. The fourth-order valence-corrected chi connectivity index (χ4v) is 17.3. The fourth-order valence-electron chi connectivity index (χ4n) is 6.24. The van der Waals surface area contributed by atoms with Gasteiger partial charge in [0.1, 0.15) is 0 Å². The lowest BCUT2D eigenvalue weighted by molar-refractivity contribution is 0.572. The molecule has 0 aromatic rings. The zero-order valence-electron chi connectivity index (χ0n) is 28.5. The van der Waals surface area contributed by atoms with Gasteiger partial charge in [-0.05, 0) is 77.0 Å². The van der Waals surface area contributed by atoms with E-state index in [0.717, 1.165) is 0 Å². The summed E-state index contributed by atoms with van der Waals surface area (Å²) < 4.78 is 8.13. The Morgan fingerprint density at radius 3 is 0.590 bits per heavy atom. The van der Waals surface area contributed by atoms with Gasteiger partial charge in [0.05, 0.1) is 37.0 Å². The summed E-state index contributed by atoms with van der Waals surface area (Å²) in [6.45, 7) is 14.2. The summed E-state index contributed by atoms with van der Waals surface area (Å²) in [5, 5.41) is 0. The second-order valence-electron chi connectivity index (χ2n) is 12.9. The van der Waals surface area contributed by atoms with Crippen LogP contribution in [0, 0.1) is 0 Å². The first-order chi connectivity index (χ1) is 19.1. The van der Waals surface area contributed by atoms with E-state index in [4.69, 9.17) is 4.31 Å². The lowest BCUT2D eigenvalue weighted by Gasteiger charge is -2.33. The summed E-state index contributed by atoms with van der Waals surface area (Å²) in [7, 11) is -2.71. The molecule has 0 radical (unpaired) electrons. The van der Waals surface area contributed by atoms with Crippen molar-refractivity contribution in [2.45, 2.75) is 196 Å². The molecule has 0 N–H and O–H groups in total. The molecular weight excluding hydrogens is 510 g/mol. The highest BCUT2D eigenvalue weighted by Crippen LogP contribution is 2.78. The van der Waals surface area contributed by atoms with Gasteiger partial charge in [0.15, 0.2) is 15.0 Å². The molecule has 39 heavy (non-hydrogen) atoms. The summed E-state index contributed by atoms with van der Waals surface area (Å²) in [4.78, 5) is 0. The van der Waals surface area contributed by atoms with Crippen molar-refractivity contribution in [3.05, 3.63) is 0 Å². The average Bonchev–Trinajstić information content (AvgIpc) is 2.94. The molecule has 0 aliphatic heterocycles. The molecule has 0 aliphatic carbocycles. The van der Waals surface area contributed by atoms with Gasteiger partial charge >= 0.3 is 0 Å². The van der Waals surface area contributed by atoms with Crippen LogP contribution in [0.4, 0.5) is 0 Å². The van der Waals surface area contributed by atoms with E-state index < -0.39 is 15.0 Å². The van der Waals surface area contributed by atoms with Crippen LogP contribution in [-0.2, 0) is 4.31 Å². The molecule has 0 rings (SSSR count). The van der Waals surface area contributed by atoms with E-state index in [-0.39, 0.29) is 0 Å². The van der Waals surface area contributed by atoms with Crippen LogP contribution in [0.25, 0.3) is 0 Å². The molecule has 236 valence electrons. The number of hydrogen-bond donors (Lipinski definition) is 0. The Labute approximate surface area is 251 Å². The summed E-state index contributed by atoms with van der Waals surface area (Å²) in [5.74, 6) is 0. The van der Waals surface area contributed by atoms with Crippen molar-refractivity contribution in [3.63, 3.8) is 0 Å². The summed E-state index contributed by atoms with van der Waals surface area (Å²) >= 11 is 0. The van der Waals surface area contributed by atoms with Crippen LogP contribution < -0.4 is 0 Å². The van der Waals surface area contributed by atoms with Gasteiger partial charge in [-0.3, -0.25) is 0 Å². The van der Waals surface area contributed by atoms with Gasteiger partial charge in [-0.15, -0.1) is 4.31 Å². The van der Waals surface area contributed by atoms with Crippen LogP contribution in [0.2, 0.25) is 0 Å². The zero-order valence-corrected chi connectivity index (χ0v) is 30.3. The zero-order chi connectivity index (χ0) is 28.9. The van der Waals surface area contributed by atoms with Crippen LogP contribution in [0.3, 0.4) is 0 Å². The second-order valence-corrected chi connectivity index (χ2v) is 20.5. The molecule has 0 spiro atoms. The Balaban J connectivity index is 6.10. The molecule has 0 unspecified atom stereocenters. The third kappa shape index (κ3) is 22.1. The Bertz CT molecular complexity index is 376. The second kappa shape index (κ2) is 28.9. The molecule has 0 aliphatic rings. The van der Waals surface area contributed by atoms with Crippen LogP contribution in [0.15, 0.2) is 0 Å². The normalized spacial score (nSPS) is 12.5. The predicted octanol–water partition coefficient (Wildman–Crippen LogP) is 14.3. The quantitative estimate of drug-likeness (QED) is 0.0561. The fraction of sp³-hybridized carbons (Fsp3) is 1.00. The highest BCUT2D eigenvalue weighted by atomic mass is 31.3. The Morgan fingerprint density at radius 1 is 0.256 bits per heavy atom. The van der Waals surface area contributed by atoms with Crippen molar-refractivity contribution in [2.24, 2.45) is 0 Å². The van der Waals surface area contributed by atoms with Gasteiger partial charge in [-0.1, -0.05) is 119 Å². The standard InChI is InChI=1S/C36H78OP2/c1-7-13-19-25-31-38(32-26-20-14-8-2,33-27-21-15-9-3)37-39(34-28-22-16-10-4,35-29-23-17-11-5)36-30-24-18-12-6/h7-36H2,1-6H3/q+2. The van der Waals surface area contributed by atoms with Crippen molar-refractivity contribution < 1.29 is 4.31 Å². The molecule has 0 bridgehead atoms. The molecule has 0 amide bonds. The topological polar surface area (TPSA) is 9.23 Å². The molecule has 0 aromatic carbocycles. The van der Waals surface area contributed by atoms with Gasteiger partial charge in [0, 0.05) is 0 Å². The largest absolute Gasteiger partial charge is 0.193 e. The first-order valence-electron chi connectivity index (χ1n) is 18.5. The highest BCUT2D eigenvalue weighted by Gasteiger charge is 2.52. The summed E-state index contributed by atoms with van der Waals surface area (Å²) in [5.41, 5.74) is 0. The van der Waals surface area contributed by atoms with E-state index in [2.05, 4.69) is 41.5 Å². The third-order valence-electron chi connectivity index (χ3n) is 8.86. The van der Waals surface area contributed by atoms with Crippen LogP contribution in [-0.4, -0.2) is 37.0 Å². The van der Waals surface area contributed by atoms with Gasteiger partial charge < -0.3 is 0 Å². The van der Waals surface area contributed by atoms with Crippen molar-refractivity contribution in [3.8, 4) is 0 Å². The first-order valence-corrected chi connectivity index (χ1v) is 23.0. The highest BCUT2D eigenvalue weighted by molar-refractivity contribution is 7.83. The van der Waals surface area contributed by atoms with Gasteiger partial charge in [0.2, 0.25) is 0 Å². The van der Waals surface area contributed by atoms with Crippen LogP contribution in [0.1, 0.15) is 196 Å². The number of hydrogen-bond acceptors (Lipinski definition) is 1. The van der Waals surface area contributed by atoms with Gasteiger partial charge in [0.25, 0.3) is 0 Å². The molecule has 0 atom stereocenters. The molecule has 1 nitrogen and oxygen atoms in total. The van der Waals surface area contributed by atoms with E-state index in [9.17, 15) is 0 Å². The lowest BCUT2D eigenvalue weighted by Crippen LogP contribution is -2.19. The summed E-state index contributed by atoms with van der Waals surface area (Å²) in [6, 6.07) is 0. The molecule has 3 heteroatoms. The maximum absolute atomic E-state index is 8.13. The molecule has 0 fully saturated rings. The smallest absolute Gasteiger partial charge is 0.104 e.